The zero-order valence-electron chi connectivity index (χ0n) is 11.9. The Morgan fingerprint density at radius 3 is 2.71 bits per heavy atom. The fourth-order valence-corrected chi connectivity index (χ4v) is 2.49. The van der Waals surface area contributed by atoms with Crippen molar-refractivity contribution in [3.63, 3.8) is 0 Å². The molecular formula is C16H19Cl2N3. The highest BCUT2D eigenvalue weighted by Crippen LogP contribution is 2.28. The molecule has 0 aliphatic rings. The highest BCUT2D eigenvalue weighted by atomic mass is 35.5. The number of nitrogen functional groups attached to an aromatic ring is 1. The zero-order chi connectivity index (χ0) is 15.2. The molecule has 1 aromatic heterocycles. The first-order valence-corrected chi connectivity index (χ1v) is 7.74. The molecule has 0 spiro atoms. The van der Waals surface area contributed by atoms with Crippen LogP contribution < -0.4 is 11.1 Å². The van der Waals surface area contributed by atoms with Crippen LogP contribution in [0.5, 0.6) is 0 Å². The molecule has 21 heavy (non-hydrogen) atoms. The largest absolute Gasteiger partial charge is 0.398 e. The van der Waals surface area contributed by atoms with Gasteiger partial charge in [-0.2, -0.15) is 0 Å². The molecule has 112 valence electrons. The van der Waals surface area contributed by atoms with Crippen LogP contribution in [0, 0.1) is 0 Å². The maximum Gasteiger partial charge on any atom is 0.0595 e. The van der Waals surface area contributed by atoms with E-state index in [9.17, 15) is 0 Å². The predicted molar refractivity (Wildman–Crippen MR) is 89.9 cm³/mol. The van der Waals surface area contributed by atoms with E-state index in [4.69, 9.17) is 28.9 Å². The van der Waals surface area contributed by atoms with E-state index in [0.29, 0.717) is 10.0 Å². The lowest BCUT2D eigenvalue weighted by molar-refractivity contribution is 0.529. The van der Waals surface area contributed by atoms with Gasteiger partial charge in [-0.15, -0.1) is 0 Å². The van der Waals surface area contributed by atoms with E-state index in [1.54, 1.807) is 6.20 Å². The van der Waals surface area contributed by atoms with Gasteiger partial charge in [0.1, 0.15) is 0 Å². The van der Waals surface area contributed by atoms with Gasteiger partial charge in [-0.3, -0.25) is 4.98 Å². The molecule has 0 saturated carbocycles. The van der Waals surface area contributed by atoms with Gasteiger partial charge in [-0.25, -0.2) is 0 Å². The first-order valence-electron chi connectivity index (χ1n) is 6.98. The molecule has 0 aliphatic carbocycles. The number of rotatable bonds is 6. The molecule has 3 nitrogen and oxygen atoms in total. The van der Waals surface area contributed by atoms with Gasteiger partial charge in [0.25, 0.3) is 0 Å². The van der Waals surface area contributed by atoms with Gasteiger partial charge in [0, 0.05) is 24.1 Å². The van der Waals surface area contributed by atoms with Crippen molar-refractivity contribution in [3.8, 4) is 0 Å². The maximum absolute atomic E-state index is 6.13. The summed E-state index contributed by atoms with van der Waals surface area (Å²) < 4.78 is 0. The van der Waals surface area contributed by atoms with Gasteiger partial charge in [0.15, 0.2) is 0 Å². The molecule has 0 bridgehead atoms. The molecule has 2 rings (SSSR count). The van der Waals surface area contributed by atoms with E-state index in [1.807, 2.05) is 30.5 Å². The van der Waals surface area contributed by atoms with Crippen LogP contribution in [-0.4, -0.2) is 11.5 Å². The summed E-state index contributed by atoms with van der Waals surface area (Å²) in [6.07, 6.45) is 5.33. The maximum atomic E-state index is 6.13. The number of benzene rings is 1. The Kier molecular flexibility index (Phi) is 5.85. The Balaban J connectivity index is 2.25. The summed E-state index contributed by atoms with van der Waals surface area (Å²) >= 11 is 12.1. The van der Waals surface area contributed by atoms with Crippen LogP contribution in [0.3, 0.4) is 0 Å². The SMILES string of the molecule is CCCNC(Cc1cnccc1N)c1ccc(Cl)c(Cl)c1. The molecule has 2 aromatic rings. The summed E-state index contributed by atoms with van der Waals surface area (Å²) in [5, 5.41) is 4.65. The number of aromatic nitrogens is 1. The Hall–Kier alpha value is -1.29. The molecule has 0 fully saturated rings. The topological polar surface area (TPSA) is 50.9 Å². The van der Waals surface area contributed by atoms with Crippen molar-refractivity contribution in [1.29, 1.82) is 0 Å². The average molecular weight is 324 g/mol. The molecule has 1 atom stereocenters. The number of nitrogens with zero attached hydrogens (tertiary/aromatic N) is 1. The molecule has 0 saturated heterocycles. The smallest absolute Gasteiger partial charge is 0.0595 e. The van der Waals surface area contributed by atoms with Crippen LogP contribution in [0.1, 0.15) is 30.5 Å². The quantitative estimate of drug-likeness (QED) is 0.835. The van der Waals surface area contributed by atoms with E-state index >= 15 is 0 Å². The van der Waals surface area contributed by atoms with E-state index in [0.717, 1.165) is 36.2 Å². The minimum absolute atomic E-state index is 0.131. The number of nitrogens with two attached hydrogens (primary N) is 1. The second-order valence-electron chi connectivity index (χ2n) is 4.96. The highest BCUT2D eigenvalue weighted by molar-refractivity contribution is 6.42. The van der Waals surface area contributed by atoms with E-state index in [1.165, 1.54) is 0 Å². The van der Waals surface area contributed by atoms with E-state index < -0.39 is 0 Å². The number of nitrogens with one attached hydrogen (secondary N) is 1. The standard InChI is InChI=1S/C16H19Cl2N3/c1-2-6-21-16(9-12-10-20-7-5-15(12)19)11-3-4-13(17)14(18)8-11/h3-5,7-8,10,16,21H,2,6,9H2,1H3,(H2,19,20). The van der Waals surface area contributed by atoms with Crippen molar-refractivity contribution in [1.82, 2.24) is 10.3 Å². The summed E-state index contributed by atoms with van der Waals surface area (Å²) in [6, 6.07) is 7.68. The molecule has 1 heterocycles. The monoisotopic (exact) mass is 323 g/mol. The zero-order valence-corrected chi connectivity index (χ0v) is 13.5. The Morgan fingerprint density at radius 1 is 1.24 bits per heavy atom. The minimum Gasteiger partial charge on any atom is -0.398 e. The molecule has 0 radical (unpaired) electrons. The van der Waals surface area contributed by atoms with Crippen LogP contribution in [0.25, 0.3) is 0 Å². The van der Waals surface area contributed by atoms with Crippen molar-refractivity contribution < 1.29 is 0 Å². The van der Waals surface area contributed by atoms with Gasteiger partial charge >= 0.3 is 0 Å². The third kappa shape index (κ3) is 4.34. The van der Waals surface area contributed by atoms with Gasteiger partial charge in [-0.05, 0) is 48.7 Å². The predicted octanol–water partition coefficient (Wildman–Crippen LogP) is 4.25. The molecule has 1 aromatic carbocycles. The van der Waals surface area contributed by atoms with Gasteiger partial charge in [-0.1, -0.05) is 36.2 Å². The molecule has 0 aliphatic heterocycles. The molecule has 1 unspecified atom stereocenters. The summed E-state index contributed by atoms with van der Waals surface area (Å²) in [7, 11) is 0. The van der Waals surface area contributed by atoms with Gasteiger partial charge in [0.05, 0.1) is 10.0 Å². The Bertz CT molecular complexity index is 602. The number of halogens is 2. The normalized spacial score (nSPS) is 12.3. The Morgan fingerprint density at radius 2 is 2.05 bits per heavy atom. The molecule has 5 heteroatoms. The van der Waals surface area contributed by atoms with Gasteiger partial charge in [0.2, 0.25) is 0 Å². The second kappa shape index (κ2) is 7.64. The first kappa shape index (κ1) is 16.1. The lowest BCUT2D eigenvalue weighted by atomic mass is 9.99. The van der Waals surface area contributed by atoms with Crippen LogP contribution in [0.2, 0.25) is 10.0 Å². The fourth-order valence-electron chi connectivity index (χ4n) is 2.18. The fraction of sp³-hybridized carbons (Fsp3) is 0.312. The lowest BCUT2D eigenvalue weighted by Gasteiger charge is -2.20. The van der Waals surface area contributed by atoms with Crippen molar-refractivity contribution in [2.75, 3.05) is 12.3 Å². The van der Waals surface area contributed by atoms with Crippen LogP contribution >= 0.6 is 23.2 Å². The number of pyridine rings is 1. The van der Waals surface area contributed by atoms with Crippen LogP contribution in [0.4, 0.5) is 5.69 Å². The van der Waals surface area contributed by atoms with Crippen LogP contribution in [-0.2, 0) is 6.42 Å². The second-order valence-corrected chi connectivity index (χ2v) is 5.77. The van der Waals surface area contributed by atoms with Crippen LogP contribution in [0.15, 0.2) is 36.7 Å². The van der Waals surface area contributed by atoms with E-state index in [-0.39, 0.29) is 6.04 Å². The van der Waals surface area contributed by atoms with Gasteiger partial charge < -0.3 is 11.1 Å². The van der Waals surface area contributed by atoms with Crippen molar-refractivity contribution in [2.45, 2.75) is 25.8 Å². The summed E-state index contributed by atoms with van der Waals surface area (Å²) in [6.45, 7) is 3.06. The van der Waals surface area contributed by atoms with Crippen molar-refractivity contribution in [2.24, 2.45) is 0 Å². The molecule has 3 N–H and O–H groups in total. The van der Waals surface area contributed by atoms with Crippen molar-refractivity contribution >= 4 is 28.9 Å². The third-order valence-electron chi connectivity index (χ3n) is 3.35. The number of anilines is 1. The van der Waals surface area contributed by atoms with E-state index in [2.05, 4.69) is 17.2 Å². The lowest BCUT2D eigenvalue weighted by Crippen LogP contribution is -2.24. The molecular weight excluding hydrogens is 305 g/mol. The summed E-state index contributed by atoms with van der Waals surface area (Å²) in [5.74, 6) is 0. The third-order valence-corrected chi connectivity index (χ3v) is 4.09. The number of hydrogen-bond donors (Lipinski definition) is 2. The Labute approximate surface area is 135 Å². The number of hydrogen-bond acceptors (Lipinski definition) is 3. The minimum atomic E-state index is 0.131. The summed E-state index contributed by atoms with van der Waals surface area (Å²) in [5.41, 5.74) is 8.90. The first-order chi connectivity index (χ1) is 10.1. The highest BCUT2D eigenvalue weighted by Gasteiger charge is 2.14. The average Bonchev–Trinajstić information content (AvgIpc) is 2.48. The van der Waals surface area contributed by atoms with Crippen molar-refractivity contribution in [3.05, 3.63) is 57.8 Å². The molecule has 0 amide bonds. The summed E-state index contributed by atoms with van der Waals surface area (Å²) in [4.78, 5) is 4.15.